The Kier molecular flexibility index (Phi) is 3.78. The van der Waals surface area contributed by atoms with Crippen molar-refractivity contribution in [3.8, 4) is 0 Å². The van der Waals surface area contributed by atoms with E-state index in [9.17, 15) is 9.59 Å². The van der Waals surface area contributed by atoms with Gasteiger partial charge in [-0.2, -0.15) is 0 Å². The molecular formula is C19H24BrN3O2. The fraction of sp³-hybridized carbons (Fsp3) is 0.579. The van der Waals surface area contributed by atoms with Crippen molar-refractivity contribution in [2.75, 3.05) is 21.1 Å². The quantitative estimate of drug-likeness (QED) is 0.730. The molecule has 2 aliphatic carbocycles. The van der Waals surface area contributed by atoms with Crippen LogP contribution in [0.5, 0.6) is 0 Å². The lowest BCUT2D eigenvalue weighted by Crippen LogP contribution is -2.57. The number of hydrogen-bond acceptors (Lipinski definition) is 3. The highest BCUT2D eigenvalue weighted by atomic mass is 79.9. The van der Waals surface area contributed by atoms with Gasteiger partial charge in [0.2, 0.25) is 0 Å². The first-order valence-corrected chi connectivity index (χ1v) is 9.66. The number of nitrogens with zero attached hydrogens (tertiary/aromatic N) is 2. The summed E-state index contributed by atoms with van der Waals surface area (Å²) < 4.78 is 0.946. The van der Waals surface area contributed by atoms with Crippen LogP contribution in [0, 0.1) is 5.41 Å². The van der Waals surface area contributed by atoms with Gasteiger partial charge in [0.1, 0.15) is 0 Å². The van der Waals surface area contributed by atoms with Crippen molar-refractivity contribution >= 4 is 27.9 Å². The Balaban J connectivity index is 1.84. The lowest BCUT2D eigenvalue weighted by molar-refractivity contribution is -0.137. The summed E-state index contributed by atoms with van der Waals surface area (Å²) in [4.78, 5) is 29.3. The zero-order chi connectivity index (χ0) is 18.0. The number of benzene rings is 1. The molecule has 3 aliphatic rings. The molecule has 1 aromatic carbocycles. The lowest BCUT2D eigenvalue weighted by Gasteiger charge is -2.47. The summed E-state index contributed by atoms with van der Waals surface area (Å²) in [5, 5.41) is 3.12. The molecule has 134 valence electrons. The third-order valence-electron chi connectivity index (χ3n) is 6.67. The third kappa shape index (κ3) is 2.16. The maximum atomic E-state index is 13.3. The van der Waals surface area contributed by atoms with Gasteiger partial charge in [0.15, 0.2) is 5.54 Å². The first-order valence-electron chi connectivity index (χ1n) is 8.86. The molecule has 2 spiro atoms. The number of rotatable bonds is 1. The smallest absolute Gasteiger partial charge is 0.319 e. The van der Waals surface area contributed by atoms with E-state index < -0.39 is 5.54 Å². The molecule has 0 radical (unpaired) electrons. The Morgan fingerprint density at radius 3 is 2.48 bits per heavy atom. The molecule has 1 saturated heterocycles. The van der Waals surface area contributed by atoms with Crippen molar-refractivity contribution < 1.29 is 9.59 Å². The van der Waals surface area contributed by atoms with E-state index in [4.69, 9.17) is 0 Å². The summed E-state index contributed by atoms with van der Waals surface area (Å²) in [6, 6.07) is 6.42. The van der Waals surface area contributed by atoms with Crippen molar-refractivity contribution in [1.29, 1.82) is 0 Å². The average molecular weight is 406 g/mol. The minimum Gasteiger partial charge on any atom is -0.319 e. The minimum atomic E-state index is -0.908. The number of halogens is 1. The summed E-state index contributed by atoms with van der Waals surface area (Å²) in [5.41, 5.74) is 1.04. The molecule has 0 bridgehead atoms. The fourth-order valence-electron chi connectivity index (χ4n) is 5.24. The molecule has 3 amide bonds. The summed E-state index contributed by atoms with van der Waals surface area (Å²) in [5.74, 6) is -0.0994. The molecule has 1 aromatic rings. The van der Waals surface area contributed by atoms with Crippen LogP contribution in [0.2, 0.25) is 0 Å². The Labute approximate surface area is 156 Å². The SMILES string of the molecule is CN1C(=O)NC2(C1=O)c1cc(Br)ccc1C[C@]21CC[C@@H](N(C)C)CC1. The monoisotopic (exact) mass is 405 g/mol. The van der Waals surface area contributed by atoms with Crippen molar-refractivity contribution in [3.63, 3.8) is 0 Å². The molecule has 1 unspecified atom stereocenters. The van der Waals surface area contributed by atoms with Crippen molar-refractivity contribution in [1.82, 2.24) is 15.1 Å². The predicted octanol–water partition coefficient (Wildman–Crippen LogP) is 2.87. The van der Waals surface area contributed by atoms with Crippen LogP contribution in [-0.4, -0.2) is 48.9 Å². The van der Waals surface area contributed by atoms with Gasteiger partial charge in [0.05, 0.1) is 0 Å². The highest BCUT2D eigenvalue weighted by molar-refractivity contribution is 9.10. The molecule has 1 heterocycles. The zero-order valence-electron chi connectivity index (χ0n) is 14.9. The zero-order valence-corrected chi connectivity index (χ0v) is 16.5. The van der Waals surface area contributed by atoms with Gasteiger partial charge < -0.3 is 10.2 Å². The van der Waals surface area contributed by atoms with E-state index in [2.05, 4.69) is 46.3 Å². The van der Waals surface area contributed by atoms with E-state index in [0.29, 0.717) is 6.04 Å². The van der Waals surface area contributed by atoms with Gasteiger partial charge in [0.25, 0.3) is 5.91 Å². The first kappa shape index (κ1) is 17.0. The maximum absolute atomic E-state index is 13.3. The van der Waals surface area contributed by atoms with Crippen LogP contribution in [0.3, 0.4) is 0 Å². The van der Waals surface area contributed by atoms with E-state index in [1.807, 2.05) is 12.1 Å². The average Bonchev–Trinajstić information content (AvgIpc) is 2.97. The number of likely N-dealkylation sites (N-methyl/N-ethyl adjacent to an activating group) is 1. The van der Waals surface area contributed by atoms with E-state index in [-0.39, 0.29) is 17.4 Å². The number of fused-ring (bicyclic) bond motifs is 3. The van der Waals surface area contributed by atoms with Gasteiger partial charge in [-0.25, -0.2) is 4.79 Å². The lowest BCUT2D eigenvalue weighted by atomic mass is 9.61. The van der Waals surface area contributed by atoms with Crippen LogP contribution in [0.4, 0.5) is 4.79 Å². The second-order valence-electron chi connectivity index (χ2n) is 8.00. The fourth-order valence-corrected chi connectivity index (χ4v) is 5.60. The first-order chi connectivity index (χ1) is 11.8. The number of imide groups is 1. The summed E-state index contributed by atoms with van der Waals surface area (Å²) in [6.07, 6.45) is 4.85. The highest BCUT2D eigenvalue weighted by Gasteiger charge is 2.67. The Morgan fingerprint density at radius 2 is 1.92 bits per heavy atom. The number of hydrogen-bond donors (Lipinski definition) is 1. The minimum absolute atomic E-state index is 0.0994. The number of urea groups is 1. The van der Waals surface area contributed by atoms with Crippen molar-refractivity contribution in [2.45, 2.75) is 43.7 Å². The molecule has 4 rings (SSSR count). The van der Waals surface area contributed by atoms with E-state index in [1.54, 1.807) is 7.05 Å². The summed E-state index contributed by atoms with van der Waals surface area (Å²) in [7, 11) is 5.83. The number of carbonyl (C=O) groups excluding carboxylic acids is 2. The number of carbonyl (C=O) groups is 2. The van der Waals surface area contributed by atoms with Crippen LogP contribution in [0.15, 0.2) is 22.7 Å². The molecule has 1 saturated carbocycles. The predicted molar refractivity (Wildman–Crippen MR) is 99.2 cm³/mol. The standard InChI is InChI=1S/C19H24BrN3O2/c1-22(2)14-6-8-18(9-7-14)11-12-4-5-13(20)10-15(12)19(18)16(24)23(3)17(25)21-19/h4-5,10,14H,6-9,11H2,1-3H3,(H,21,25)/t14-,18-,19?. The summed E-state index contributed by atoms with van der Waals surface area (Å²) >= 11 is 3.54. The van der Waals surface area contributed by atoms with Gasteiger partial charge in [-0.15, -0.1) is 0 Å². The Hall–Kier alpha value is -1.40. The highest BCUT2D eigenvalue weighted by Crippen LogP contribution is 2.60. The molecule has 5 nitrogen and oxygen atoms in total. The van der Waals surface area contributed by atoms with Crippen LogP contribution in [0.1, 0.15) is 36.8 Å². The maximum Gasteiger partial charge on any atom is 0.325 e. The van der Waals surface area contributed by atoms with Crippen LogP contribution in [-0.2, 0) is 16.8 Å². The molecule has 1 N–H and O–H groups in total. The van der Waals surface area contributed by atoms with Gasteiger partial charge >= 0.3 is 6.03 Å². The van der Waals surface area contributed by atoms with E-state index in [0.717, 1.165) is 42.1 Å². The van der Waals surface area contributed by atoms with E-state index >= 15 is 0 Å². The van der Waals surface area contributed by atoms with Gasteiger partial charge in [0, 0.05) is 23.0 Å². The van der Waals surface area contributed by atoms with Gasteiger partial charge in [-0.3, -0.25) is 9.69 Å². The van der Waals surface area contributed by atoms with Crippen molar-refractivity contribution in [2.24, 2.45) is 5.41 Å². The molecule has 2 fully saturated rings. The molecule has 25 heavy (non-hydrogen) atoms. The van der Waals surface area contributed by atoms with Crippen molar-refractivity contribution in [3.05, 3.63) is 33.8 Å². The second-order valence-corrected chi connectivity index (χ2v) is 8.91. The summed E-state index contributed by atoms with van der Waals surface area (Å²) in [6.45, 7) is 0. The molecule has 6 heteroatoms. The molecule has 1 aliphatic heterocycles. The molecule has 0 aromatic heterocycles. The topological polar surface area (TPSA) is 52.7 Å². The second kappa shape index (κ2) is 5.55. The number of nitrogens with one attached hydrogen (secondary N) is 1. The number of amides is 3. The van der Waals surface area contributed by atoms with Crippen LogP contribution < -0.4 is 5.32 Å². The van der Waals surface area contributed by atoms with Gasteiger partial charge in [-0.1, -0.05) is 22.0 Å². The normalized spacial score (nSPS) is 34.3. The largest absolute Gasteiger partial charge is 0.325 e. The van der Waals surface area contributed by atoms with Gasteiger partial charge in [-0.05, 0) is 69.5 Å². The molecular weight excluding hydrogens is 382 g/mol. The Bertz CT molecular complexity index is 755. The van der Waals surface area contributed by atoms with Crippen LogP contribution in [0.25, 0.3) is 0 Å². The van der Waals surface area contributed by atoms with Crippen LogP contribution >= 0.6 is 15.9 Å². The third-order valence-corrected chi connectivity index (χ3v) is 7.16. The van der Waals surface area contributed by atoms with E-state index in [1.165, 1.54) is 10.5 Å². The molecule has 1 atom stereocenters. The Morgan fingerprint density at radius 1 is 1.24 bits per heavy atom.